The molecule has 19 heavy (non-hydrogen) atoms. The summed E-state index contributed by atoms with van der Waals surface area (Å²) in [5.41, 5.74) is 0.333. The summed E-state index contributed by atoms with van der Waals surface area (Å²) in [6.45, 7) is 6.57. The Labute approximate surface area is 115 Å². The summed E-state index contributed by atoms with van der Waals surface area (Å²) >= 11 is 0. The van der Waals surface area contributed by atoms with Gasteiger partial charge in [-0.25, -0.2) is 4.79 Å². The van der Waals surface area contributed by atoms with Gasteiger partial charge in [-0.1, -0.05) is 39.0 Å². The Kier molecular flexibility index (Phi) is 10.6. The van der Waals surface area contributed by atoms with E-state index in [0.29, 0.717) is 18.8 Å². The van der Waals surface area contributed by atoms with Gasteiger partial charge in [0, 0.05) is 5.57 Å². The number of esters is 2. The molecule has 0 aromatic heterocycles. The fourth-order valence-corrected chi connectivity index (χ4v) is 1.23. The van der Waals surface area contributed by atoms with E-state index in [2.05, 4.69) is 0 Å². The quantitative estimate of drug-likeness (QED) is 0.366. The van der Waals surface area contributed by atoms with Crippen molar-refractivity contribution in [2.24, 2.45) is 0 Å². The number of allylic oxidation sites excluding steroid dienone is 3. The second kappa shape index (κ2) is 11.5. The minimum atomic E-state index is -0.448. The third-order valence-corrected chi connectivity index (χ3v) is 2.17. The molecule has 0 radical (unpaired) electrons. The second-order valence-electron chi connectivity index (χ2n) is 4.06. The molecular formula is C15H24O4. The highest BCUT2D eigenvalue weighted by atomic mass is 16.5. The average Bonchev–Trinajstić information content (AvgIpc) is 2.41. The van der Waals surface area contributed by atoms with Crippen molar-refractivity contribution < 1.29 is 19.1 Å². The summed E-state index contributed by atoms with van der Waals surface area (Å²) in [5, 5.41) is 0. The van der Waals surface area contributed by atoms with Crippen LogP contribution >= 0.6 is 0 Å². The van der Waals surface area contributed by atoms with Gasteiger partial charge in [0.1, 0.15) is 0 Å². The molecule has 0 saturated heterocycles. The van der Waals surface area contributed by atoms with Crippen LogP contribution in [0.4, 0.5) is 0 Å². The minimum Gasteiger partial charge on any atom is -0.465 e. The predicted octanol–water partition coefficient (Wildman–Crippen LogP) is 3.18. The topological polar surface area (TPSA) is 52.6 Å². The standard InChI is InChI=1S/C15H24O4/c1-4-7-8-9-13(15(17)19-11-6-3)12-14(16)18-10-5-2/h7-9H,4-6,10-12H2,1-3H3. The zero-order valence-electron chi connectivity index (χ0n) is 12.1. The van der Waals surface area contributed by atoms with Crippen LogP contribution in [0.25, 0.3) is 0 Å². The molecule has 0 amide bonds. The summed E-state index contributed by atoms with van der Waals surface area (Å²) in [7, 11) is 0. The number of hydrogen-bond acceptors (Lipinski definition) is 4. The average molecular weight is 268 g/mol. The first-order chi connectivity index (χ1) is 9.15. The van der Waals surface area contributed by atoms with E-state index in [-0.39, 0.29) is 6.42 Å². The molecule has 108 valence electrons. The number of hydrogen-bond donors (Lipinski definition) is 0. The maximum Gasteiger partial charge on any atom is 0.334 e. The summed E-state index contributed by atoms with van der Waals surface area (Å²) < 4.78 is 10.0. The van der Waals surface area contributed by atoms with Gasteiger partial charge in [0.25, 0.3) is 0 Å². The van der Waals surface area contributed by atoms with Crippen molar-refractivity contribution in [3.63, 3.8) is 0 Å². The van der Waals surface area contributed by atoms with E-state index in [0.717, 1.165) is 19.3 Å². The SMILES string of the molecule is CCC=CC=C(CC(=O)OCCC)C(=O)OCCC. The van der Waals surface area contributed by atoms with Crippen LogP contribution in [0, 0.1) is 0 Å². The summed E-state index contributed by atoms with van der Waals surface area (Å²) in [6, 6.07) is 0. The van der Waals surface area contributed by atoms with Gasteiger partial charge in [-0.2, -0.15) is 0 Å². The third-order valence-electron chi connectivity index (χ3n) is 2.17. The largest absolute Gasteiger partial charge is 0.465 e. The molecule has 0 rings (SSSR count). The Hall–Kier alpha value is -1.58. The smallest absolute Gasteiger partial charge is 0.334 e. The van der Waals surface area contributed by atoms with E-state index in [9.17, 15) is 9.59 Å². The number of carbonyl (C=O) groups excluding carboxylic acids is 2. The minimum absolute atomic E-state index is 0.0450. The molecule has 0 N–H and O–H groups in total. The molecular weight excluding hydrogens is 244 g/mol. The van der Waals surface area contributed by atoms with Crippen molar-refractivity contribution in [1.82, 2.24) is 0 Å². The van der Waals surface area contributed by atoms with Gasteiger partial charge in [0.05, 0.1) is 19.6 Å². The number of ether oxygens (including phenoxy) is 2. The van der Waals surface area contributed by atoms with Crippen molar-refractivity contribution in [3.8, 4) is 0 Å². The van der Waals surface area contributed by atoms with Crippen LogP contribution < -0.4 is 0 Å². The maximum atomic E-state index is 11.8. The highest BCUT2D eigenvalue weighted by molar-refractivity contribution is 5.94. The lowest BCUT2D eigenvalue weighted by Crippen LogP contribution is -2.14. The second-order valence-corrected chi connectivity index (χ2v) is 4.06. The van der Waals surface area contributed by atoms with Gasteiger partial charge < -0.3 is 9.47 Å². The van der Waals surface area contributed by atoms with Crippen LogP contribution in [0.5, 0.6) is 0 Å². The lowest BCUT2D eigenvalue weighted by Gasteiger charge is -2.07. The van der Waals surface area contributed by atoms with Gasteiger partial charge in [-0.05, 0) is 19.3 Å². The molecule has 0 aliphatic rings. The Balaban J connectivity index is 4.57. The summed E-state index contributed by atoms with van der Waals surface area (Å²) in [6.07, 6.45) is 7.63. The molecule has 0 bridgehead atoms. The first-order valence-electron chi connectivity index (χ1n) is 6.84. The molecule has 0 aliphatic carbocycles. The highest BCUT2D eigenvalue weighted by Crippen LogP contribution is 2.07. The zero-order valence-corrected chi connectivity index (χ0v) is 12.1. The molecule has 0 unspecified atom stereocenters. The van der Waals surface area contributed by atoms with E-state index in [1.54, 1.807) is 12.2 Å². The van der Waals surface area contributed by atoms with E-state index in [4.69, 9.17) is 9.47 Å². The lowest BCUT2D eigenvalue weighted by atomic mass is 10.1. The van der Waals surface area contributed by atoms with Gasteiger partial charge >= 0.3 is 11.9 Å². The Morgan fingerprint density at radius 1 is 1.00 bits per heavy atom. The molecule has 0 aromatic carbocycles. The molecule has 0 atom stereocenters. The highest BCUT2D eigenvalue weighted by Gasteiger charge is 2.15. The molecule has 0 saturated carbocycles. The van der Waals surface area contributed by atoms with Crippen molar-refractivity contribution in [2.75, 3.05) is 13.2 Å². The van der Waals surface area contributed by atoms with Crippen LogP contribution in [0.1, 0.15) is 46.5 Å². The fourth-order valence-electron chi connectivity index (χ4n) is 1.23. The lowest BCUT2D eigenvalue weighted by molar-refractivity contribution is -0.146. The van der Waals surface area contributed by atoms with E-state index in [1.165, 1.54) is 0 Å². The van der Waals surface area contributed by atoms with Gasteiger partial charge in [-0.3, -0.25) is 4.79 Å². The van der Waals surface area contributed by atoms with Crippen molar-refractivity contribution in [2.45, 2.75) is 46.5 Å². The fraction of sp³-hybridized carbons (Fsp3) is 0.600. The number of rotatable bonds is 9. The molecule has 4 heteroatoms. The molecule has 0 aliphatic heterocycles. The maximum absolute atomic E-state index is 11.8. The summed E-state index contributed by atoms with van der Waals surface area (Å²) in [5.74, 6) is -0.845. The van der Waals surface area contributed by atoms with E-state index in [1.807, 2.05) is 26.8 Å². The Morgan fingerprint density at radius 2 is 1.63 bits per heavy atom. The normalized spacial score (nSPS) is 11.6. The number of carbonyl (C=O) groups is 2. The van der Waals surface area contributed by atoms with E-state index < -0.39 is 11.9 Å². The van der Waals surface area contributed by atoms with Crippen molar-refractivity contribution in [3.05, 3.63) is 23.8 Å². The van der Waals surface area contributed by atoms with E-state index >= 15 is 0 Å². The molecule has 4 nitrogen and oxygen atoms in total. The van der Waals surface area contributed by atoms with Crippen molar-refractivity contribution >= 4 is 11.9 Å². The first kappa shape index (κ1) is 17.4. The molecule has 0 spiro atoms. The predicted molar refractivity (Wildman–Crippen MR) is 74.6 cm³/mol. The molecule has 0 aromatic rings. The first-order valence-corrected chi connectivity index (χ1v) is 6.84. The Bertz CT molecular complexity index is 329. The van der Waals surface area contributed by atoms with Crippen molar-refractivity contribution in [1.29, 1.82) is 0 Å². The third kappa shape index (κ3) is 9.05. The molecule has 0 heterocycles. The van der Waals surface area contributed by atoms with Gasteiger partial charge in [-0.15, -0.1) is 0 Å². The zero-order chi connectivity index (χ0) is 14.5. The van der Waals surface area contributed by atoms with Crippen LogP contribution in [-0.2, 0) is 19.1 Å². The van der Waals surface area contributed by atoms with Crippen LogP contribution in [0.15, 0.2) is 23.8 Å². The van der Waals surface area contributed by atoms with Crippen LogP contribution in [0.3, 0.4) is 0 Å². The van der Waals surface area contributed by atoms with Gasteiger partial charge in [0.15, 0.2) is 0 Å². The summed E-state index contributed by atoms with van der Waals surface area (Å²) in [4.78, 5) is 23.3. The van der Waals surface area contributed by atoms with Crippen LogP contribution in [0.2, 0.25) is 0 Å². The van der Waals surface area contributed by atoms with Crippen LogP contribution in [-0.4, -0.2) is 25.2 Å². The monoisotopic (exact) mass is 268 g/mol. The van der Waals surface area contributed by atoms with Gasteiger partial charge in [0.2, 0.25) is 0 Å². The molecule has 0 fully saturated rings. The Morgan fingerprint density at radius 3 is 2.21 bits per heavy atom.